The molecule has 0 amide bonds. The zero-order valence-corrected chi connectivity index (χ0v) is 30.4. The zero-order chi connectivity index (χ0) is 28.1. The monoisotopic (exact) mass is 540 g/mol. The Bertz CT molecular complexity index is 299. The normalized spacial score (nSPS) is 9.89. The molecule has 0 aliphatic carbocycles. The molecule has 0 aromatic carbocycles. The number of nitrogens with zero attached hydrogens (tertiary/aromatic N) is 2. The van der Waals surface area contributed by atoms with E-state index in [9.17, 15) is 0 Å². The summed E-state index contributed by atoms with van der Waals surface area (Å²) in [5.41, 5.74) is 0.500. The van der Waals surface area contributed by atoms with E-state index in [-0.39, 0.29) is 66.2 Å². The SMILES string of the molecule is C.C.C1=CCN=C1.C1=CN=CC1.CC.CC.CC.CC(C)(C)C.CC(C)C.CC(C)C.[CH2-]CC[CH2-].[K+]. The molecule has 0 saturated heterocycles. The van der Waals surface area contributed by atoms with Crippen molar-refractivity contribution in [1.29, 1.82) is 0 Å². The fraction of sp³-hybridized carbons (Fsp3) is 0.758. The first-order valence-corrected chi connectivity index (χ1v) is 13.3. The molecule has 0 saturated carbocycles. The second-order valence-electron chi connectivity index (χ2n) is 9.07. The first-order chi connectivity index (χ1) is 15.4. The smallest absolute Gasteiger partial charge is 0.346 e. The van der Waals surface area contributed by atoms with Crippen LogP contribution in [0.25, 0.3) is 0 Å². The number of rotatable bonds is 1. The molecule has 3 heteroatoms. The van der Waals surface area contributed by atoms with Gasteiger partial charge in [0.2, 0.25) is 0 Å². The Labute approximate surface area is 278 Å². The maximum Gasteiger partial charge on any atom is 1.00 e. The van der Waals surface area contributed by atoms with E-state index >= 15 is 0 Å². The zero-order valence-electron chi connectivity index (χ0n) is 27.3. The summed E-state index contributed by atoms with van der Waals surface area (Å²) in [7, 11) is 0. The third kappa shape index (κ3) is 294. The maximum absolute atomic E-state index is 3.85. The van der Waals surface area contributed by atoms with Gasteiger partial charge in [0, 0.05) is 25.0 Å². The Kier molecular flexibility index (Phi) is 128. The summed E-state index contributed by atoms with van der Waals surface area (Å²) in [6.07, 6.45) is 14.4. The van der Waals surface area contributed by atoms with Crippen molar-refractivity contribution in [3.8, 4) is 0 Å². The van der Waals surface area contributed by atoms with E-state index in [1.54, 1.807) is 12.4 Å². The summed E-state index contributed by atoms with van der Waals surface area (Å²) >= 11 is 0. The first kappa shape index (κ1) is 65.5. The molecule has 2 aliphatic rings. The van der Waals surface area contributed by atoms with Gasteiger partial charge in [-0.15, -0.1) is 0 Å². The molecule has 2 aliphatic heterocycles. The Morgan fingerprint density at radius 3 is 1.08 bits per heavy atom. The summed E-state index contributed by atoms with van der Waals surface area (Å²) in [4.78, 5) is 7.62. The predicted octanol–water partition coefficient (Wildman–Crippen LogP) is 9.77. The second-order valence-corrected chi connectivity index (χ2v) is 9.07. The summed E-state index contributed by atoms with van der Waals surface area (Å²) in [5, 5.41) is 0. The van der Waals surface area contributed by atoms with Crippen molar-refractivity contribution in [3.63, 3.8) is 0 Å². The van der Waals surface area contributed by atoms with Gasteiger partial charge in [0.1, 0.15) is 0 Å². The van der Waals surface area contributed by atoms with Crippen LogP contribution in [0.15, 0.2) is 34.4 Å². The minimum absolute atomic E-state index is 0. The molecule has 36 heavy (non-hydrogen) atoms. The number of hydrogen-bond donors (Lipinski definition) is 0. The van der Waals surface area contributed by atoms with Crippen LogP contribution in [0.3, 0.4) is 0 Å². The first-order valence-electron chi connectivity index (χ1n) is 13.3. The molecule has 0 N–H and O–H groups in total. The molecule has 0 aromatic rings. The van der Waals surface area contributed by atoms with Crippen molar-refractivity contribution in [2.24, 2.45) is 27.2 Å². The molecule has 0 aromatic heterocycles. The van der Waals surface area contributed by atoms with Gasteiger partial charge in [0.05, 0.1) is 6.54 Å². The van der Waals surface area contributed by atoms with Crippen LogP contribution in [-0.2, 0) is 0 Å². The molecule has 2 rings (SSSR count). The van der Waals surface area contributed by atoms with Gasteiger partial charge in [-0.3, -0.25) is 9.98 Å². The number of allylic oxidation sites excluding steroid dienone is 2. The molecule has 0 fully saturated rings. The topological polar surface area (TPSA) is 24.7 Å². The van der Waals surface area contributed by atoms with Crippen LogP contribution in [0.2, 0.25) is 0 Å². The predicted molar refractivity (Wildman–Crippen MR) is 178 cm³/mol. The Morgan fingerprint density at radius 2 is 1.03 bits per heavy atom. The molecule has 2 heterocycles. The van der Waals surface area contributed by atoms with Crippen molar-refractivity contribution in [3.05, 3.63) is 38.3 Å². The van der Waals surface area contributed by atoms with Crippen LogP contribution in [0.5, 0.6) is 0 Å². The van der Waals surface area contributed by atoms with Crippen LogP contribution in [-0.4, -0.2) is 19.0 Å². The quantitative estimate of drug-likeness (QED) is 0.234. The standard InChI is InChI=1S/C5H12.2C4H5N.2C4H10.C4H8.3C2H6.2CH4.K/c1-5(2,3)4;2*1-2-4-5-3-1;2*1-4(2)3;1-3-4-2;3*1-2;;;/h1-4H3;1,3-4H,2H2;1-3H,4H2;2*4H,1-3H3;1-4H2;3*1-2H3;2*1H4;/q;;;;;-2;;;;;;+1. The van der Waals surface area contributed by atoms with E-state index in [2.05, 4.69) is 93.1 Å². The van der Waals surface area contributed by atoms with Gasteiger partial charge in [-0.1, -0.05) is 138 Å². The van der Waals surface area contributed by atoms with Gasteiger partial charge < -0.3 is 13.8 Å². The molecule has 220 valence electrons. The van der Waals surface area contributed by atoms with Crippen molar-refractivity contribution in [2.75, 3.05) is 6.54 Å². The fourth-order valence-corrected chi connectivity index (χ4v) is 0.609. The number of unbranched alkanes of at least 4 members (excludes halogenated alkanes) is 1. The Balaban J connectivity index is -0.0000000267. The minimum Gasteiger partial charge on any atom is -0.346 e. The molecule has 0 spiro atoms. The average Bonchev–Trinajstić information content (AvgIpc) is 3.49. The third-order valence-electron chi connectivity index (χ3n) is 1.33. The third-order valence-corrected chi connectivity index (χ3v) is 1.33. The van der Waals surface area contributed by atoms with Crippen LogP contribution in [0.1, 0.15) is 145 Å². The van der Waals surface area contributed by atoms with Crippen LogP contribution < -0.4 is 51.4 Å². The van der Waals surface area contributed by atoms with E-state index in [1.807, 2.05) is 66.0 Å². The summed E-state index contributed by atoms with van der Waals surface area (Å²) in [6, 6.07) is 0. The summed E-state index contributed by atoms with van der Waals surface area (Å²) < 4.78 is 0. The van der Waals surface area contributed by atoms with Crippen LogP contribution in [0, 0.1) is 31.1 Å². The van der Waals surface area contributed by atoms with E-state index in [4.69, 9.17) is 0 Å². The van der Waals surface area contributed by atoms with E-state index in [1.165, 1.54) is 0 Å². The maximum atomic E-state index is 3.85. The molecular formula is C33H76KN2-. The Morgan fingerprint density at radius 1 is 0.722 bits per heavy atom. The number of aliphatic imine (C=N–C) groups is 2. The van der Waals surface area contributed by atoms with E-state index in [0.717, 1.165) is 37.6 Å². The molecular weight excluding hydrogens is 463 g/mol. The molecule has 2 nitrogen and oxygen atoms in total. The second kappa shape index (κ2) is 70.4. The van der Waals surface area contributed by atoms with E-state index < -0.39 is 0 Å². The largest absolute Gasteiger partial charge is 1.00 e. The molecule has 0 radical (unpaired) electrons. The van der Waals surface area contributed by atoms with Crippen molar-refractivity contribution in [2.45, 2.75) is 145 Å². The van der Waals surface area contributed by atoms with Gasteiger partial charge in [0.15, 0.2) is 0 Å². The van der Waals surface area contributed by atoms with Gasteiger partial charge in [-0.2, -0.15) is 0 Å². The average molecular weight is 540 g/mol. The summed E-state index contributed by atoms with van der Waals surface area (Å²) in [6.45, 7) is 41.7. The Hall–Kier alpha value is 0.456. The van der Waals surface area contributed by atoms with Crippen molar-refractivity contribution < 1.29 is 51.4 Å². The van der Waals surface area contributed by atoms with Gasteiger partial charge >= 0.3 is 51.4 Å². The molecule has 0 unspecified atom stereocenters. The van der Waals surface area contributed by atoms with Gasteiger partial charge in [-0.25, -0.2) is 12.8 Å². The molecule has 0 bridgehead atoms. The van der Waals surface area contributed by atoms with Gasteiger partial charge in [0.25, 0.3) is 0 Å². The van der Waals surface area contributed by atoms with E-state index in [0.29, 0.717) is 5.41 Å². The van der Waals surface area contributed by atoms with Crippen LogP contribution >= 0.6 is 0 Å². The van der Waals surface area contributed by atoms with Gasteiger partial charge in [-0.05, 0) is 23.3 Å². The fourth-order valence-electron chi connectivity index (χ4n) is 0.609. The van der Waals surface area contributed by atoms with Crippen molar-refractivity contribution in [1.82, 2.24) is 0 Å². The minimum atomic E-state index is 0. The summed E-state index contributed by atoms with van der Waals surface area (Å²) in [5.74, 6) is 1.67. The molecule has 0 atom stereocenters. The number of hydrogen-bond acceptors (Lipinski definition) is 2. The van der Waals surface area contributed by atoms with Crippen molar-refractivity contribution >= 4 is 12.4 Å². The van der Waals surface area contributed by atoms with Crippen LogP contribution in [0.4, 0.5) is 0 Å².